The standard InChI is InChI=1S/C32H50N2O3/c1-4-6-7-8-9-10-11-12-13-14-15-16-24-37-30-18-17-29(25-31(30)36-3)26-32(35)33-27-28-19-22-34(21-5-2)23-20-28/h17-20,22-23,25H,4-16,21,24,26-27H2,1-3H3/p+1. The van der Waals surface area contributed by atoms with Crippen LogP contribution in [-0.4, -0.2) is 19.6 Å². The maximum absolute atomic E-state index is 12.5. The molecule has 0 aliphatic rings. The van der Waals surface area contributed by atoms with Crippen molar-refractivity contribution >= 4 is 5.91 Å². The van der Waals surface area contributed by atoms with E-state index in [4.69, 9.17) is 9.47 Å². The van der Waals surface area contributed by atoms with Crippen molar-refractivity contribution in [3.05, 3.63) is 53.9 Å². The Bertz CT molecular complexity index is 867. The molecule has 5 nitrogen and oxygen atoms in total. The number of benzene rings is 1. The molecule has 1 amide bonds. The Morgan fingerprint density at radius 1 is 0.757 bits per heavy atom. The molecule has 0 spiro atoms. The van der Waals surface area contributed by atoms with Crippen molar-refractivity contribution in [2.24, 2.45) is 0 Å². The number of hydrogen-bond donors (Lipinski definition) is 1. The molecule has 2 rings (SSSR count). The number of carbonyl (C=O) groups is 1. The molecule has 37 heavy (non-hydrogen) atoms. The van der Waals surface area contributed by atoms with Gasteiger partial charge >= 0.3 is 0 Å². The van der Waals surface area contributed by atoms with Crippen molar-refractivity contribution in [1.29, 1.82) is 0 Å². The summed E-state index contributed by atoms with van der Waals surface area (Å²) in [5.41, 5.74) is 2.01. The maximum atomic E-state index is 12.5. The van der Waals surface area contributed by atoms with Crippen molar-refractivity contribution in [2.75, 3.05) is 13.7 Å². The number of amides is 1. The molecule has 1 aromatic carbocycles. The van der Waals surface area contributed by atoms with Crippen LogP contribution in [0.15, 0.2) is 42.7 Å². The summed E-state index contributed by atoms with van der Waals surface area (Å²) in [5, 5.41) is 3.01. The first-order valence-electron chi connectivity index (χ1n) is 14.7. The molecule has 1 heterocycles. The minimum atomic E-state index is -0.00231. The van der Waals surface area contributed by atoms with Gasteiger partial charge in [0.05, 0.1) is 20.1 Å². The van der Waals surface area contributed by atoms with E-state index in [1.165, 1.54) is 70.6 Å². The molecule has 0 saturated heterocycles. The lowest BCUT2D eigenvalue weighted by Gasteiger charge is -2.12. The lowest BCUT2D eigenvalue weighted by molar-refractivity contribution is -0.697. The van der Waals surface area contributed by atoms with E-state index in [1.807, 2.05) is 18.2 Å². The summed E-state index contributed by atoms with van der Waals surface area (Å²) < 4.78 is 13.7. The van der Waals surface area contributed by atoms with E-state index < -0.39 is 0 Å². The molecule has 0 radical (unpaired) electrons. The third kappa shape index (κ3) is 13.5. The van der Waals surface area contributed by atoms with E-state index in [0.717, 1.165) is 36.3 Å². The van der Waals surface area contributed by atoms with E-state index in [-0.39, 0.29) is 5.91 Å². The normalized spacial score (nSPS) is 10.9. The summed E-state index contributed by atoms with van der Waals surface area (Å²) in [6, 6.07) is 9.90. The van der Waals surface area contributed by atoms with E-state index in [2.05, 4.69) is 48.3 Å². The van der Waals surface area contributed by atoms with Gasteiger partial charge in [-0.2, -0.15) is 0 Å². The number of carbonyl (C=O) groups excluding carboxylic acids is 1. The van der Waals surface area contributed by atoms with Crippen molar-refractivity contribution < 1.29 is 18.8 Å². The lowest BCUT2D eigenvalue weighted by atomic mass is 10.1. The molecule has 5 heteroatoms. The zero-order chi connectivity index (χ0) is 26.6. The SMILES string of the molecule is CCCCCCCCCCCCCCOc1ccc(CC(=O)NCc2cc[n+](CCC)cc2)cc1OC. The number of methoxy groups -OCH3 is 1. The van der Waals surface area contributed by atoms with Gasteiger partial charge in [-0.05, 0) is 29.7 Å². The first-order valence-corrected chi connectivity index (χ1v) is 14.7. The number of rotatable bonds is 21. The zero-order valence-corrected chi connectivity index (χ0v) is 23.7. The highest BCUT2D eigenvalue weighted by atomic mass is 16.5. The van der Waals surface area contributed by atoms with Gasteiger partial charge in [-0.25, -0.2) is 4.57 Å². The summed E-state index contributed by atoms with van der Waals surface area (Å²) in [5.74, 6) is 1.43. The van der Waals surface area contributed by atoms with Crippen LogP contribution >= 0.6 is 0 Å². The molecular weight excluding hydrogens is 460 g/mol. The molecule has 1 aromatic heterocycles. The Morgan fingerprint density at radius 3 is 1.97 bits per heavy atom. The van der Waals surface area contributed by atoms with Gasteiger partial charge in [0.15, 0.2) is 23.9 Å². The summed E-state index contributed by atoms with van der Waals surface area (Å²) in [7, 11) is 1.65. The van der Waals surface area contributed by atoms with Gasteiger partial charge in [-0.3, -0.25) is 4.79 Å². The Hall–Kier alpha value is -2.56. The summed E-state index contributed by atoms with van der Waals surface area (Å²) in [6.07, 6.45) is 21.5. The van der Waals surface area contributed by atoms with Crippen LogP contribution in [0, 0.1) is 0 Å². The third-order valence-corrected chi connectivity index (χ3v) is 6.78. The first-order chi connectivity index (χ1) is 18.2. The van der Waals surface area contributed by atoms with E-state index in [9.17, 15) is 4.79 Å². The molecule has 2 aromatic rings. The second-order valence-corrected chi connectivity index (χ2v) is 10.1. The van der Waals surface area contributed by atoms with Crippen LogP contribution in [0.4, 0.5) is 0 Å². The Morgan fingerprint density at radius 2 is 1.38 bits per heavy atom. The molecule has 0 atom stereocenters. The minimum absolute atomic E-state index is 0.00231. The molecule has 0 fully saturated rings. The Balaban J connectivity index is 1.60. The molecule has 0 unspecified atom stereocenters. The van der Waals surface area contributed by atoms with Gasteiger partial charge in [0.2, 0.25) is 5.91 Å². The lowest BCUT2D eigenvalue weighted by Crippen LogP contribution is -2.32. The maximum Gasteiger partial charge on any atom is 0.224 e. The molecule has 0 aliphatic carbocycles. The van der Waals surface area contributed by atoms with Crippen molar-refractivity contribution in [2.45, 2.75) is 117 Å². The molecular formula is C32H51N2O3+. The third-order valence-electron chi connectivity index (χ3n) is 6.78. The molecule has 0 aliphatic heterocycles. The van der Waals surface area contributed by atoms with Crippen molar-refractivity contribution in [3.63, 3.8) is 0 Å². The monoisotopic (exact) mass is 511 g/mol. The molecule has 0 bridgehead atoms. The largest absolute Gasteiger partial charge is 0.493 e. The van der Waals surface area contributed by atoms with Crippen molar-refractivity contribution in [3.8, 4) is 11.5 Å². The fourth-order valence-electron chi connectivity index (χ4n) is 4.53. The fraction of sp³-hybridized carbons (Fsp3) is 0.625. The van der Waals surface area contributed by atoms with Crippen molar-refractivity contribution in [1.82, 2.24) is 5.32 Å². The average molecular weight is 512 g/mol. The number of unbranched alkanes of at least 4 members (excludes halogenated alkanes) is 11. The van der Waals surface area contributed by atoms with Crippen LogP contribution in [-0.2, 0) is 24.3 Å². The second-order valence-electron chi connectivity index (χ2n) is 10.1. The van der Waals surface area contributed by atoms with Crippen LogP contribution in [0.25, 0.3) is 0 Å². The first kappa shape index (κ1) is 30.7. The highest BCUT2D eigenvalue weighted by molar-refractivity contribution is 5.78. The van der Waals surface area contributed by atoms with Gasteiger partial charge in [-0.15, -0.1) is 0 Å². The highest BCUT2D eigenvalue weighted by Crippen LogP contribution is 2.28. The number of pyridine rings is 1. The van der Waals surface area contributed by atoms with Crippen LogP contribution in [0.2, 0.25) is 0 Å². The summed E-state index contributed by atoms with van der Waals surface area (Å²) >= 11 is 0. The smallest absolute Gasteiger partial charge is 0.224 e. The van der Waals surface area contributed by atoms with Crippen LogP contribution in [0.5, 0.6) is 11.5 Å². The number of ether oxygens (including phenoxy) is 2. The summed E-state index contributed by atoms with van der Waals surface area (Å²) in [6.45, 7) is 6.67. The predicted molar refractivity (Wildman–Crippen MR) is 152 cm³/mol. The fourth-order valence-corrected chi connectivity index (χ4v) is 4.53. The Labute approximate surface area is 226 Å². The minimum Gasteiger partial charge on any atom is -0.493 e. The quantitative estimate of drug-likeness (QED) is 0.141. The van der Waals surface area contributed by atoms with E-state index in [0.29, 0.717) is 25.3 Å². The van der Waals surface area contributed by atoms with Gasteiger partial charge in [-0.1, -0.05) is 90.5 Å². The number of aryl methyl sites for hydroxylation is 1. The second kappa shape index (κ2) is 19.5. The molecule has 206 valence electrons. The van der Waals surface area contributed by atoms with Crippen LogP contribution in [0.3, 0.4) is 0 Å². The topological polar surface area (TPSA) is 51.4 Å². The molecule has 1 N–H and O–H groups in total. The Kier molecular flexibility index (Phi) is 16.2. The van der Waals surface area contributed by atoms with E-state index in [1.54, 1.807) is 7.11 Å². The van der Waals surface area contributed by atoms with Crippen LogP contribution in [0.1, 0.15) is 108 Å². The van der Waals surface area contributed by atoms with Gasteiger partial charge < -0.3 is 14.8 Å². The average Bonchev–Trinajstić information content (AvgIpc) is 2.91. The van der Waals surface area contributed by atoms with Gasteiger partial charge in [0.25, 0.3) is 0 Å². The number of hydrogen-bond acceptors (Lipinski definition) is 3. The number of nitrogens with one attached hydrogen (secondary N) is 1. The zero-order valence-electron chi connectivity index (χ0n) is 23.7. The number of nitrogens with zero attached hydrogens (tertiary/aromatic N) is 1. The predicted octanol–water partition coefficient (Wildman–Crippen LogP) is 7.33. The van der Waals surface area contributed by atoms with Gasteiger partial charge in [0, 0.05) is 25.1 Å². The summed E-state index contributed by atoms with van der Waals surface area (Å²) in [4.78, 5) is 12.5. The van der Waals surface area contributed by atoms with E-state index >= 15 is 0 Å². The number of aromatic nitrogens is 1. The molecule has 0 saturated carbocycles. The van der Waals surface area contributed by atoms with Crippen LogP contribution < -0.4 is 19.4 Å². The van der Waals surface area contributed by atoms with Gasteiger partial charge in [0.1, 0.15) is 6.54 Å². The highest BCUT2D eigenvalue weighted by Gasteiger charge is 2.10.